The average molecular weight is 367 g/mol. The molecule has 0 saturated heterocycles. The molecule has 1 amide bonds. The van der Waals surface area contributed by atoms with Crippen LogP contribution in [0, 0.1) is 5.92 Å². The van der Waals surface area contributed by atoms with Crippen molar-refractivity contribution >= 4 is 27.7 Å². The van der Waals surface area contributed by atoms with E-state index in [1.807, 2.05) is 6.92 Å². The van der Waals surface area contributed by atoms with E-state index < -0.39 is 34.0 Å². The lowest BCUT2D eigenvalue weighted by atomic mass is 9.99. The number of carboxylic acids is 1. The van der Waals surface area contributed by atoms with Crippen LogP contribution >= 0.6 is 0 Å². The highest BCUT2D eigenvalue weighted by Gasteiger charge is 2.32. The van der Waals surface area contributed by atoms with Crippen LogP contribution in [0.4, 0.5) is 0 Å². The number of carboxylic acid groups (broad SMARTS) is 1. The van der Waals surface area contributed by atoms with Crippen molar-refractivity contribution in [2.24, 2.45) is 10.9 Å². The van der Waals surface area contributed by atoms with E-state index in [9.17, 15) is 23.1 Å². The summed E-state index contributed by atoms with van der Waals surface area (Å²) in [4.78, 5) is 27.8. The minimum absolute atomic E-state index is 0.0775. The van der Waals surface area contributed by atoms with Crippen LogP contribution in [0.15, 0.2) is 34.2 Å². The number of nitrogens with zero attached hydrogens (tertiary/aromatic N) is 1. The number of aliphatic imine (C=N–C) groups is 1. The van der Waals surface area contributed by atoms with E-state index in [2.05, 4.69) is 15.0 Å². The second kappa shape index (κ2) is 7.22. The highest BCUT2D eigenvalue weighted by molar-refractivity contribution is 7.90. The molecule has 1 heterocycles. The molecule has 136 valence electrons. The van der Waals surface area contributed by atoms with Crippen molar-refractivity contribution in [2.75, 3.05) is 0 Å². The number of benzene rings is 1. The molecule has 3 atom stereocenters. The van der Waals surface area contributed by atoms with Gasteiger partial charge in [0.2, 0.25) is 5.91 Å². The van der Waals surface area contributed by atoms with Crippen LogP contribution in [-0.4, -0.2) is 43.3 Å². The van der Waals surface area contributed by atoms with Crippen LogP contribution in [0.5, 0.6) is 0 Å². The van der Waals surface area contributed by atoms with Gasteiger partial charge in [0.15, 0.2) is 0 Å². The van der Waals surface area contributed by atoms with Gasteiger partial charge in [0.25, 0.3) is 10.0 Å². The van der Waals surface area contributed by atoms with Crippen LogP contribution in [0.1, 0.15) is 32.8 Å². The maximum atomic E-state index is 12.3. The van der Waals surface area contributed by atoms with E-state index in [0.29, 0.717) is 12.0 Å². The zero-order valence-corrected chi connectivity index (χ0v) is 15.0. The summed E-state index contributed by atoms with van der Waals surface area (Å²) >= 11 is 0. The molecular formula is C16H21N3O5S. The Morgan fingerprint density at radius 2 is 1.92 bits per heavy atom. The largest absolute Gasteiger partial charge is 0.480 e. The van der Waals surface area contributed by atoms with Crippen molar-refractivity contribution in [1.29, 1.82) is 0 Å². The van der Waals surface area contributed by atoms with Crippen molar-refractivity contribution in [3.63, 3.8) is 0 Å². The van der Waals surface area contributed by atoms with Gasteiger partial charge in [-0.15, -0.1) is 0 Å². The van der Waals surface area contributed by atoms with Gasteiger partial charge in [-0.1, -0.05) is 32.4 Å². The molecule has 1 aliphatic rings. The number of fused-ring (bicyclic) bond motifs is 1. The fourth-order valence-electron chi connectivity index (χ4n) is 2.44. The average Bonchev–Trinajstić information content (AvgIpc) is 2.82. The van der Waals surface area contributed by atoms with Gasteiger partial charge in [-0.3, -0.25) is 14.5 Å². The molecule has 0 radical (unpaired) electrons. The summed E-state index contributed by atoms with van der Waals surface area (Å²) in [6.07, 6.45) is 0.591. The lowest BCUT2D eigenvalue weighted by Crippen LogP contribution is -2.48. The normalized spacial score (nSPS) is 20.2. The first-order valence-electron chi connectivity index (χ1n) is 7.90. The number of hydrogen-bond donors (Lipinski definition) is 3. The summed E-state index contributed by atoms with van der Waals surface area (Å²) in [5.41, 5.74) is 0.388. The SMILES string of the molecule is CC[C@H](C)[C@H](NC(=O)C(C)N=C1NS(=O)(=O)c2ccccc21)C(=O)O. The maximum absolute atomic E-state index is 12.3. The molecule has 0 aliphatic carbocycles. The minimum Gasteiger partial charge on any atom is -0.480 e. The first-order valence-corrected chi connectivity index (χ1v) is 9.39. The Kier molecular flexibility index (Phi) is 5.46. The van der Waals surface area contributed by atoms with Gasteiger partial charge >= 0.3 is 5.97 Å². The van der Waals surface area contributed by atoms with Crippen molar-refractivity contribution in [3.05, 3.63) is 29.8 Å². The van der Waals surface area contributed by atoms with Crippen LogP contribution < -0.4 is 10.0 Å². The summed E-state index contributed by atoms with van der Waals surface area (Å²) in [6, 6.07) is 4.35. The van der Waals surface area contributed by atoms with Crippen LogP contribution in [0.25, 0.3) is 0 Å². The Labute approximate surface area is 146 Å². The predicted molar refractivity (Wildman–Crippen MR) is 91.8 cm³/mol. The number of sulfonamides is 1. The summed E-state index contributed by atoms with van der Waals surface area (Å²) in [6.45, 7) is 5.05. The topological polar surface area (TPSA) is 125 Å². The van der Waals surface area contributed by atoms with Gasteiger partial charge in [-0.25, -0.2) is 13.2 Å². The summed E-state index contributed by atoms with van der Waals surface area (Å²) in [5.74, 6) is -1.86. The molecule has 0 bridgehead atoms. The number of amides is 1. The Morgan fingerprint density at radius 1 is 1.28 bits per heavy atom. The molecule has 1 unspecified atom stereocenters. The van der Waals surface area contributed by atoms with E-state index in [1.165, 1.54) is 13.0 Å². The second-order valence-corrected chi connectivity index (χ2v) is 7.62. The monoisotopic (exact) mass is 367 g/mol. The third kappa shape index (κ3) is 3.98. The summed E-state index contributed by atoms with van der Waals surface area (Å²) in [7, 11) is -3.69. The van der Waals surface area contributed by atoms with Gasteiger partial charge in [0.1, 0.15) is 17.9 Å². The minimum atomic E-state index is -3.69. The predicted octanol–water partition coefficient (Wildman–Crippen LogP) is 0.729. The fraction of sp³-hybridized carbons (Fsp3) is 0.438. The Morgan fingerprint density at radius 3 is 2.52 bits per heavy atom. The van der Waals surface area contributed by atoms with Gasteiger partial charge in [-0.05, 0) is 25.0 Å². The zero-order valence-electron chi connectivity index (χ0n) is 14.2. The number of nitrogens with one attached hydrogen (secondary N) is 2. The molecule has 9 heteroatoms. The molecular weight excluding hydrogens is 346 g/mol. The Hall–Kier alpha value is -2.42. The molecule has 0 spiro atoms. The molecule has 0 aromatic heterocycles. The number of rotatable bonds is 6. The molecule has 0 saturated carbocycles. The third-order valence-corrected chi connectivity index (χ3v) is 5.54. The Balaban J connectivity index is 2.22. The molecule has 1 aliphatic heterocycles. The zero-order chi connectivity index (χ0) is 18.8. The lowest BCUT2D eigenvalue weighted by Gasteiger charge is -2.21. The first-order chi connectivity index (χ1) is 11.7. The number of aliphatic carboxylic acids is 1. The third-order valence-electron chi connectivity index (χ3n) is 4.14. The van der Waals surface area contributed by atoms with E-state index in [0.717, 1.165) is 0 Å². The number of carbonyl (C=O) groups is 2. The maximum Gasteiger partial charge on any atom is 0.326 e. The van der Waals surface area contributed by atoms with Crippen LogP contribution in [-0.2, 0) is 19.6 Å². The van der Waals surface area contributed by atoms with Gasteiger partial charge in [0.05, 0.1) is 4.90 Å². The smallest absolute Gasteiger partial charge is 0.326 e. The molecule has 25 heavy (non-hydrogen) atoms. The molecule has 1 aromatic rings. The highest BCUT2D eigenvalue weighted by Crippen LogP contribution is 2.22. The quantitative estimate of drug-likeness (QED) is 0.683. The highest BCUT2D eigenvalue weighted by atomic mass is 32.2. The van der Waals surface area contributed by atoms with Crippen LogP contribution in [0.2, 0.25) is 0 Å². The second-order valence-electron chi connectivity index (χ2n) is 5.97. The number of carbonyl (C=O) groups excluding carboxylic acids is 1. The van der Waals surface area contributed by atoms with Crippen LogP contribution in [0.3, 0.4) is 0 Å². The lowest BCUT2D eigenvalue weighted by molar-refractivity contribution is -0.143. The summed E-state index contributed by atoms with van der Waals surface area (Å²) in [5, 5.41) is 11.7. The number of hydrogen-bond acceptors (Lipinski definition) is 5. The first kappa shape index (κ1) is 18.9. The molecule has 2 rings (SSSR count). The number of amidine groups is 1. The van der Waals surface area contributed by atoms with E-state index in [4.69, 9.17) is 0 Å². The fourth-order valence-corrected chi connectivity index (χ4v) is 3.68. The van der Waals surface area contributed by atoms with Gasteiger partial charge in [-0.2, -0.15) is 0 Å². The Bertz CT molecular complexity index is 819. The van der Waals surface area contributed by atoms with Crippen molar-refractivity contribution < 1.29 is 23.1 Å². The molecule has 0 fully saturated rings. The summed E-state index contributed by atoms with van der Waals surface area (Å²) < 4.78 is 26.4. The van der Waals surface area contributed by atoms with Gasteiger partial charge < -0.3 is 10.4 Å². The van der Waals surface area contributed by atoms with E-state index >= 15 is 0 Å². The molecule has 3 N–H and O–H groups in total. The molecule has 1 aromatic carbocycles. The molecule has 8 nitrogen and oxygen atoms in total. The van der Waals surface area contributed by atoms with Crippen molar-refractivity contribution in [3.8, 4) is 0 Å². The van der Waals surface area contributed by atoms with Gasteiger partial charge in [0, 0.05) is 5.56 Å². The van der Waals surface area contributed by atoms with E-state index in [1.54, 1.807) is 25.1 Å². The van der Waals surface area contributed by atoms with E-state index in [-0.39, 0.29) is 16.6 Å². The van der Waals surface area contributed by atoms with Crippen molar-refractivity contribution in [2.45, 2.75) is 44.2 Å². The van der Waals surface area contributed by atoms with Crippen molar-refractivity contribution in [1.82, 2.24) is 10.0 Å². The standard InChI is InChI=1S/C16H21N3O5S/c1-4-9(2)13(16(21)22)18-15(20)10(3)17-14-11-7-5-6-8-12(11)25(23,24)19-14/h5-10,13H,4H2,1-3H3,(H,17,19)(H,18,20)(H,21,22)/t9-,10?,13-/m0/s1.